The van der Waals surface area contributed by atoms with Gasteiger partial charge >= 0.3 is 0 Å². The SMILES string of the molecule is CCc1cc(NCc2nc(-c3cccs3)n[nH]2)n2ncnc2n1. The van der Waals surface area contributed by atoms with Gasteiger partial charge in [0.05, 0.1) is 11.4 Å². The molecule has 0 aliphatic carbocycles. The largest absolute Gasteiger partial charge is 0.363 e. The van der Waals surface area contributed by atoms with Crippen LogP contribution in [0.2, 0.25) is 0 Å². The third kappa shape index (κ3) is 2.66. The molecule has 0 saturated heterocycles. The van der Waals surface area contributed by atoms with Gasteiger partial charge in [-0.3, -0.25) is 5.10 Å². The maximum Gasteiger partial charge on any atom is 0.254 e. The van der Waals surface area contributed by atoms with E-state index in [-0.39, 0.29) is 0 Å². The quantitative estimate of drug-likeness (QED) is 0.583. The lowest BCUT2D eigenvalue weighted by molar-refractivity contribution is 0.882. The Morgan fingerprint density at radius 2 is 2.30 bits per heavy atom. The van der Waals surface area contributed by atoms with Crippen molar-refractivity contribution in [1.82, 2.24) is 34.8 Å². The number of aryl methyl sites for hydroxylation is 1. The molecule has 0 unspecified atom stereocenters. The summed E-state index contributed by atoms with van der Waals surface area (Å²) in [7, 11) is 0. The number of nitrogens with one attached hydrogen (secondary N) is 2. The first-order chi connectivity index (χ1) is 11.3. The minimum absolute atomic E-state index is 0.514. The fraction of sp³-hybridized carbons (Fsp3) is 0.214. The number of anilines is 1. The predicted octanol–water partition coefficient (Wildman–Crippen LogP) is 2.15. The summed E-state index contributed by atoms with van der Waals surface area (Å²) in [5.74, 6) is 2.89. The summed E-state index contributed by atoms with van der Waals surface area (Å²) in [5.41, 5.74) is 0.963. The Balaban J connectivity index is 1.56. The van der Waals surface area contributed by atoms with Gasteiger partial charge in [0.2, 0.25) is 0 Å². The summed E-state index contributed by atoms with van der Waals surface area (Å²) in [6, 6.07) is 5.96. The van der Waals surface area contributed by atoms with Crippen molar-refractivity contribution in [3.05, 3.63) is 41.4 Å². The molecule has 0 saturated carbocycles. The van der Waals surface area contributed by atoms with Crippen molar-refractivity contribution < 1.29 is 0 Å². The normalized spacial score (nSPS) is 11.2. The molecule has 116 valence electrons. The molecular weight excluding hydrogens is 312 g/mol. The number of aromatic nitrogens is 7. The Labute approximate surface area is 135 Å². The molecule has 0 aliphatic rings. The Bertz CT molecular complexity index is 923. The molecule has 0 bridgehead atoms. The Morgan fingerprint density at radius 3 is 3.13 bits per heavy atom. The number of nitrogens with zero attached hydrogens (tertiary/aromatic N) is 6. The lowest BCUT2D eigenvalue weighted by atomic mass is 10.3. The molecule has 4 aromatic heterocycles. The maximum absolute atomic E-state index is 4.50. The molecule has 0 radical (unpaired) electrons. The van der Waals surface area contributed by atoms with Crippen molar-refractivity contribution in [2.75, 3.05) is 5.32 Å². The van der Waals surface area contributed by atoms with E-state index < -0.39 is 0 Å². The topological polar surface area (TPSA) is 96.7 Å². The van der Waals surface area contributed by atoms with Gasteiger partial charge in [-0.1, -0.05) is 13.0 Å². The van der Waals surface area contributed by atoms with E-state index in [1.54, 1.807) is 15.9 Å². The van der Waals surface area contributed by atoms with Gasteiger partial charge in [-0.15, -0.1) is 11.3 Å². The van der Waals surface area contributed by atoms with Crippen molar-refractivity contribution in [1.29, 1.82) is 0 Å². The maximum atomic E-state index is 4.50. The lowest BCUT2D eigenvalue weighted by Crippen LogP contribution is -2.08. The zero-order valence-electron chi connectivity index (χ0n) is 12.4. The highest BCUT2D eigenvalue weighted by Gasteiger charge is 2.09. The summed E-state index contributed by atoms with van der Waals surface area (Å²) in [6.07, 6.45) is 2.33. The molecule has 4 rings (SSSR count). The molecule has 8 nitrogen and oxygen atoms in total. The number of rotatable bonds is 5. The average Bonchev–Trinajstić information content (AvgIpc) is 3.32. The van der Waals surface area contributed by atoms with Crippen LogP contribution >= 0.6 is 11.3 Å². The van der Waals surface area contributed by atoms with E-state index in [4.69, 9.17) is 0 Å². The summed E-state index contributed by atoms with van der Waals surface area (Å²) in [5, 5.41) is 16.7. The van der Waals surface area contributed by atoms with E-state index in [2.05, 4.69) is 42.5 Å². The Morgan fingerprint density at radius 1 is 1.35 bits per heavy atom. The molecule has 0 aliphatic heterocycles. The molecule has 0 fully saturated rings. The standard InChI is InChI=1S/C14H14N8S/c1-2-9-6-12(22-14(18-9)16-8-17-22)15-7-11-19-13(21-20-11)10-4-3-5-23-10/h3-6,8,15H,2,7H2,1H3,(H,19,20,21). The van der Waals surface area contributed by atoms with Crippen molar-refractivity contribution in [2.24, 2.45) is 0 Å². The van der Waals surface area contributed by atoms with E-state index >= 15 is 0 Å². The highest BCUT2D eigenvalue weighted by atomic mass is 32.1. The number of fused-ring (bicyclic) bond motifs is 1. The molecule has 2 N–H and O–H groups in total. The van der Waals surface area contributed by atoms with Crippen LogP contribution in [0, 0.1) is 0 Å². The first kappa shape index (κ1) is 13.8. The molecule has 0 spiro atoms. The third-order valence-corrected chi connectivity index (χ3v) is 4.24. The monoisotopic (exact) mass is 326 g/mol. The second kappa shape index (κ2) is 5.76. The second-order valence-electron chi connectivity index (χ2n) is 4.89. The Hall–Kier alpha value is -2.81. The van der Waals surface area contributed by atoms with E-state index in [1.807, 2.05) is 23.6 Å². The highest BCUT2D eigenvalue weighted by molar-refractivity contribution is 7.13. The van der Waals surface area contributed by atoms with Crippen molar-refractivity contribution >= 4 is 22.9 Å². The molecule has 0 amide bonds. The first-order valence-corrected chi connectivity index (χ1v) is 8.10. The Kier molecular flexibility index (Phi) is 3.46. The van der Waals surface area contributed by atoms with Gasteiger partial charge in [0, 0.05) is 11.8 Å². The number of hydrogen-bond acceptors (Lipinski definition) is 7. The first-order valence-electron chi connectivity index (χ1n) is 7.22. The summed E-state index contributed by atoms with van der Waals surface area (Å²) in [6.45, 7) is 2.57. The van der Waals surface area contributed by atoms with Crippen LogP contribution in [0.3, 0.4) is 0 Å². The molecule has 0 aromatic carbocycles. The summed E-state index contributed by atoms with van der Waals surface area (Å²) in [4.78, 5) is 14.1. The van der Waals surface area contributed by atoms with Gasteiger partial charge in [-0.05, 0) is 17.9 Å². The van der Waals surface area contributed by atoms with Crippen molar-refractivity contribution in [2.45, 2.75) is 19.9 Å². The average molecular weight is 326 g/mol. The number of aromatic amines is 1. The van der Waals surface area contributed by atoms with Crippen LogP contribution in [0.25, 0.3) is 16.5 Å². The number of thiophene rings is 1. The summed E-state index contributed by atoms with van der Waals surface area (Å²) >= 11 is 1.62. The van der Waals surface area contributed by atoms with E-state index in [9.17, 15) is 0 Å². The van der Waals surface area contributed by atoms with Crippen LogP contribution in [0.5, 0.6) is 0 Å². The molecular formula is C14H14N8S. The highest BCUT2D eigenvalue weighted by Crippen LogP contribution is 2.20. The van der Waals surface area contributed by atoms with Crippen LogP contribution in [-0.2, 0) is 13.0 Å². The molecule has 4 heterocycles. The van der Waals surface area contributed by atoms with Crippen molar-refractivity contribution in [3.8, 4) is 10.7 Å². The van der Waals surface area contributed by atoms with Crippen LogP contribution in [-0.4, -0.2) is 34.8 Å². The third-order valence-electron chi connectivity index (χ3n) is 3.38. The smallest absolute Gasteiger partial charge is 0.254 e. The molecule has 9 heteroatoms. The van der Waals surface area contributed by atoms with E-state index in [1.165, 1.54) is 6.33 Å². The van der Waals surface area contributed by atoms with Gasteiger partial charge in [-0.25, -0.2) is 9.97 Å². The van der Waals surface area contributed by atoms with Gasteiger partial charge in [-0.2, -0.15) is 19.7 Å². The zero-order chi connectivity index (χ0) is 15.6. The fourth-order valence-electron chi connectivity index (χ4n) is 2.23. The van der Waals surface area contributed by atoms with Crippen LogP contribution in [0.1, 0.15) is 18.4 Å². The predicted molar refractivity (Wildman–Crippen MR) is 87.2 cm³/mol. The van der Waals surface area contributed by atoms with E-state index in [0.717, 1.165) is 28.6 Å². The fourth-order valence-corrected chi connectivity index (χ4v) is 2.89. The summed E-state index contributed by atoms with van der Waals surface area (Å²) < 4.78 is 1.68. The van der Waals surface area contributed by atoms with Gasteiger partial charge in [0.1, 0.15) is 18.0 Å². The van der Waals surface area contributed by atoms with Gasteiger partial charge in [0.25, 0.3) is 5.78 Å². The molecule has 23 heavy (non-hydrogen) atoms. The van der Waals surface area contributed by atoms with E-state index in [0.29, 0.717) is 18.1 Å². The second-order valence-corrected chi connectivity index (χ2v) is 5.84. The number of hydrogen-bond donors (Lipinski definition) is 2. The minimum Gasteiger partial charge on any atom is -0.363 e. The lowest BCUT2D eigenvalue weighted by Gasteiger charge is -2.07. The zero-order valence-corrected chi connectivity index (χ0v) is 13.2. The molecule has 4 aromatic rings. The molecule has 0 atom stereocenters. The van der Waals surface area contributed by atoms with Crippen LogP contribution in [0.4, 0.5) is 5.82 Å². The minimum atomic E-state index is 0.514. The number of H-pyrrole nitrogens is 1. The van der Waals surface area contributed by atoms with Gasteiger partial charge < -0.3 is 5.32 Å². The van der Waals surface area contributed by atoms with Crippen molar-refractivity contribution in [3.63, 3.8) is 0 Å². The van der Waals surface area contributed by atoms with Gasteiger partial charge in [0.15, 0.2) is 5.82 Å². The van der Waals surface area contributed by atoms with Crippen LogP contribution < -0.4 is 5.32 Å². The van der Waals surface area contributed by atoms with Crippen LogP contribution in [0.15, 0.2) is 29.9 Å².